The number of likely N-dealkylation sites (N-methyl/N-ethyl adjacent to an activating group) is 1. The third-order valence-electron chi connectivity index (χ3n) is 8.53. The van der Waals surface area contributed by atoms with Crippen LogP contribution in [0.25, 0.3) is 0 Å². The van der Waals surface area contributed by atoms with Gasteiger partial charge in [-0.1, -0.05) is 142 Å². The first-order chi connectivity index (χ1) is 29.4. The number of allylic oxidation sites excluding steroid dienone is 19. The molecule has 0 rings (SSSR count). The van der Waals surface area contributed by atoms with Gasteiger partial charge < -0.3 is 33.0 Å². The minimum Gasteiger partial charge on any atom is -0.756 e. The van der Waals surface area contributed by atoms with E-state index in [1.807, 2.05) is 51.5 Å². The topological polar surface area (TPSA) is 131 Å². The fourth-order valence-corrected chi connectivity index (χ4v) is 5.83. The van der Waals surface area contributed by atoms with E-state index in [2.05, 4.69) is 105 Å². The molecule has 0 aliphatic carbocycles. The maximum absolute atomic E-state index is 12.7. The molecule has 61 heavy (non-hydrogen) atoms. The fraction of sp³-hybridized carbons (Fsp3) is 0.560. The molecule has 0 fully saturated rings. The molecule has 11 heteroatoms. The van der Waals surface area contributed by atoms with Crippen LogP contribution in [0.4, 0.5) is 0 Å². The van der Waals surface area contributed by atoms with Gasteiger partial charge in [0.05, 0.1) is 33.9 Å². The highest BCUT2D eigenvalue weighted by atomic mass is 31.2. The molecule has 10 nitrogen and oxygen atoms in total. The number of hydrogen-bond donors (Lipinski definition) is 1. The molecule has 344 valence electrons. The zero-order valence-corrected chi connectivity index (χ0v) is 39.1. The number of esters is 2. The zero-order valence-electron chi connectivity index (χ0n) is 38.2. The van der Waals surface area contributed by atoms with Gasteiger partial charge >= 0.3 is 11.9 Å². The van der Waals surface area contributed by atoms with Gasteiger partial charge in [-0.15, -0.1) is 0 Å². The third kappa shape index (κ3) is 44.2. The largest absolute Gasteiger partial charge is 0.756 e. The number of phosphoric ester groups is 1. The fourth-order valence-electron chi connectivity index (χ4n) is 5.10. The van der Waals surface area contributed by atoms with Crippen LogP contribution in [-0.4, -0.2) is 81.2 Å². The van der Waals surface area contributed by atoms with E-state index in [0.29, 0.717) is 36.7 Å². The average molecular weight is 870 g/mol. The maximum Gasteiger partial charge on any atom is 0.306 e. The number of rotatable bonds is 38. The van der Waals surface area contributed by atoms with Crippen LogP contribution in [0.1, 0.15) is 123 Å². The van der Waals surface area contributed by atoms with Crippen molar-refractivity contribution in [1.29, 1.82) is 0 Å². The second-order valence-corrected chi connectivity index (χ2v) is 16.9. The summed E-state index contributed by atoms with van der Waals surface area (Å²) in [6, 6.07) is 0. The van der Waals surface area contributed by atoms with Crippen LogP contribution >= 0.6 is 7.82 Å². The van der Waals surface area contributed by atoms with Gasteiger partial charge in [-0.3, -0.25) is 14.2 Å². The van der Waals surface area contributed by atoms with Gasteiger partial charge in [0.15, 0.2) is 6.10 Å². The van der Waals surface area contributed by atoms with E-state index in [1.54, 1.807) is 0 Å². The molecule has 2 unspecified atom stereocenters. The lowest BCUT2D eigenvalue weighted by atomic mass is 10.1. The van der Waals surface area contributed by atoms with Gasteiger partial charge in [-0.2, -0.15) is 0 Å². The van der Waals surface area contributed by atoms with Crippen LogP contribution < -0.4 is 4.89 Å². The number of aliphatic hydroxyl groups is 1. The zero-order chi connectivity index (χ0) is 45.1. The van der Waals surface area contributed by atoms with Crippen molar-refractivity contribution in [2.45, 2.75) is 135 Å². The molecule has 0 bridgehead atoms. The van der Waals surface area contributed by atoms with Crippen molar-refractivity contribution in [3.05, 3.63) is 122 Å². The Morgan fingerprint density at radius 2 is 1.07 bits per heavy atom. The second-order valence-electron chi connectivity index (χ2n) is 15.5. The predicted molar refractivity (Wildman–Crippen MR) is 250 cm³/mol. The molecule has 0 aliphatic rings. The monoisotopic (exact) mass is 870 g/mol. The number of quaternary nitrogens is 1. The number of ether oxygens (including phenoxy) is 2. The Morgan fingerprint density at radius 1 is 0.607 bits per heavy atom. The Bertz CT molecular complexity index is 1460. The molecule has 0 saturated heterocycles. The van der Waals surface area contributed by atoms with Gasteiger partial charge in [0.2, 0.25) is 0 Å². The molecule has 3 atom stereocenters. The highest BCUT2D eigenvalue weighted by Crippen LogP contribution is 2.38. The molecule has 0 radical (unpaired) electrons. The van der Waals surface area contributed by atoms with Crippen molar-refractivity contribution in [1.82, 2.24) is 0 Å². The summed E-state index contributed by atoms with van der Waals surface area (Å²) in [5.74, 6) is -1.03. The molecular formula is C50H80NO9P. The molecule has 0 aliphatic heterocycles. The van der Waals surface area contributed by atoms with Crippen molar-refractivity contribution in [3.8, 4) is 0 Å². The van der Waals surface area contributed by atoms with Crippen molar-refractivity contribution in [3.63, 3.8) is 0 Å². The first kappa shape index (κ1) is 57.4. The Labute approximate surface area is 370 Å². The van der Waals surface area contributed by atoms with E-state index in [4.69, 9.17) is 18.5 Å². The third-order valence-corrected chi connectivity index (χ3v) is 9.50. The Hall–Kier alpha value is -3.63. The van der Waals surface area contributed by atoms with Gasteiger partial charge in [0.1, 0.15) is 19.8 Å². The number of aliphatic hydroxyl groups excluding tert-OH is 1. The van der Waals surface area contributed by atoms with E-state index < -0.39 is 32.5 Å². The van der Waals surface area contributed by atoms with E-state index in [9.17, 15) is 24.2 Å². The summed E-state index contributed by atoms with van der Waals surface area (Å²) >= 11 is 0. The Balaban J connectivity index is 4.62. The quantitative estimate of drug-likeness (QED) is 0.0212. The Kier molecular flexibility index (Phi) is 38.0. The minimum absolute atomic E-state index is 0.0668. The highest BCUT2D eigenvalue weighted by molar-refractivity contribution is 7.45. The lowest BCUT2D eigenvalue weighted by Crippen LogP contribution is -2.37. The number of unbranched alkanes of at least 4 members (excludes halogenated alkanes) is 1. The standard InChI is InChI=1S/C50H80NO9P/c1-6-8-9-10-11-12-13-14-15-16-17-18-19-22-26-29-32-35-38-42-50(54)60-48(46-59-61(55,56)58-44-43-51(3,4)5)45-57-49(53)41-37-34-31-28-25-23-20-21-24-27-30-33-36-40-47(52)39-7-2/h8-9,11-12,14-15,17-18,20,22-24,26-28,31-33,35-36,47-48,52H,6-7,10,13,16,19,21,25,29-30,34,37-46H2,1-5H3/b9-8-,12-11-,15-14-,18-17-,23-20-,26-22-,27-24-,31-28-,35-32-,36-33-/t47?,48-/m1/s1. The normalized spacial score (nSPS) is 15.2. The van der Waals surface area contributed by atoms with Crippen LogP contribution in [0.3, 0.4) is 0 Å². The van der Waals surface area contributed by atoms with Crippen molar-refractivity contribution < 1.29 is 47.2 Å². The average Bonchev–Trinajstić information content (AvgIpc) is 3.20. The van der Waals surface area contributed by atoms with Crippen molar-refractivity contribution >= 4 is 19.8 Å². The Morgan fingerprint density at radius 3 is 1.54 bits per heavy atom. The van der Waals surface area contributed by atoms with Gasteiger partial charge in [0.25, 0.3) is 7.82 Å². The summed E-state index contributed by atoms with van der Waals surface area (Å²) in [6.07, 6.45) is 53.1. The summed E-state index contributed by atoms with van der Waals surface area (Å²) in [4.78, 5) is 37.5. The smallest absolute Gasteiger partial charge is 0.306 e. The summed E-state index contributed by atoms with van der Waals surface area (Å²) in [7, 11) is 1.04. The van der Waals surface area contributed by atoms with Crippen molar-refractivity contribution in [2.75, 3.05) is 47.5 Å². The highest BCUT2D eigenvalue weighted by Gasteiger charge is 2.21. The number of carbonyl (C=O) groups is 2. The van der Waals surface area contributed by atoms with Crippen molar-refractivity contribution in [2.24, 2.45) is 0 Å². The maximum atomic E-state index is 12.7. The molecule has 0 saturated carbocycles. The number of carbonyl (C=O) groups excluding carboxylic acids is 2. The van der Waals surface area contributed by atoms with Crippen LogP contribution in [0, 0.1) is 0 Å². The van der Waals surface area contributed by atoms with E-state index in [-0.39, 0.29) is 32.2 Å². The van der Waals surface area contributed by atoms with Crippen LogP contribution in [0.2, 0.25) is 0 Å². The molecule has 0 aromatic heterocycles. The first-order valence-electron chi connectivity index (χ1n) is 22.3. The molecule has 0 aromatic rings. The SMILES string of the molecule is CC/C=C\C/C=C\C/C=C\C/C=C\C/C=C\C/C=C\CCC(=O)O[C@H](COC(=O)CCC/C=C\C/C=C\C/C=C\C/C=C\CC(O)CCC)COP(=O)([O-])OCC[N+](C)(C)C. The number of hydrogen-bond acceptors (Lipinski definition) is 9. The lowest BCUT2D eigenvalue weighted by molar-refractivity contribution is -0.870. The van der Waals surface area contributed by atoms with Gasteiger partial charge in [-0.25, -0.2) is 0 Å². The number of phosphoric acid groups is 1. The predicted octanol–water partition coefficient (Wildman–Crippen LogP) is 11.2. The summed E-state index contributed by atoms with van der Waals surface area (Å²) < 4.78 is 33.7. The van der Waals surface area contributed by atoms with E-state index in [1.165, 1.54) is 0 Å². The first-order valence-corrected chi connectivity index (χ1v) is 23.8. The second kappa shape index (κ2) is 40.4. The van der Waals surface area contributed by atoms with Crippen LogP contribution in [0.5, 0.6) is 0 Å². The van der Waals surface area contributed by atoms with Gasteiger partial charge in [-0.05, 0) is 89.9 Å². The number of nitrogens with zero attached hydrogens (tertiary/aromatic N) is 1. The molecular weight excluding hydrogens is 790 g/mol. The van der Waals surface area contributed by atoms with Gasteiger partial charge in [0, 0.05) is 12.8 Å². The summed E-state index contributed by atoms with van der Waals surface area (Å²) in [5.41, 5.74) is 0. The summed E-state index contributed by atoms with van der Waals surface area (Å²) in [5, 5.41) is 9.74. The molecule has 1 N–H and O–H groups in total. The summed E-state index contributed by atoms with van der Waals surface area (Å²) in [6.45, 7) is 3.71. The molecule has 0 amide bonds. The molecule has 0 aromatic carbocycles. The van der Waals surface area contributed by atoms with Crippen LogP contribution in [0.15, 0.2) is 122 Å². The van der Waals surface area contributed by atoms with E-state index in [0.717, 1.165) is 70.6 Å². The lowest BCUT2D eigenvalue weighted by Gasteiger charge is -2.28. The minimum atomic E-state index is -4.68. The molecule has 0 spiro atoms. The molecule has 0 heterocycles. The van der Waals surface area contributed by atoms with Crippen LogP contribution in [-0.2, 0) is 32.7 Å². The van der Waals surface area contributed by atoms with E-state index >= 15 is 0 Å².